The van der Waals surface area contributed by atoms with Crippen LogP contribution in [0.4, 0.5) is 5.69 Å². The Morgan fingerprint density at radius 1 is 1.59 bits per heavy atom. The molecule has 1 amide bonds. The van der Waals surface area contributed by atoms with Crippen molar-refractivity contribution in [1.82, 2.24) is 0 Å². The number of anilines is 1. The van der Waals surface area contributed by atoms with Crippen LogP contribution in [-0.2, 0) is 9.53 Å². The third-order valence-corrected chi connectivity index (χ3v) is 2.16. The Balaban J connectivity index is 2.75. The van der Waals surface area contributed by atoms with E-state index >= 15 is 0 Å². The zero-order valence-electron chi connectivity index (χ0n) is 9.86. The molecule has 0 aromatic heterocycles. The van der Waals surface area contributed by atoms with Gasteiger partial charge in [-0.25, -0.2) is 0 Å². The summed E-state index contributed by atoms with van der Waals surface area (Å²) in [4.78, 5) is 11.6. The Kier molecular flexibility index (Phi) is 5.21. The van der Waals surface area contributed by atoms with Gasteiger partial charge in [-0.2, -0.15) is 0 Å². The highest BCUT2D eigenvalue weighted by molar-refractivity contribution is 5.94. The van der Waals surface area contributed by atoms with Crippen molar-refractivity contribution in [3.8, 4) is 11.8 Å². The minimum Gasteiger partial charge on any atom is -0.384 e. The van der Waals surface area contributed by atoms with Crippen molar-refractivity contribution in [2.75, 3.05) is 19.0 Å². The summed E-state index contributed by atoms with van der Waals surface area (Å²) in [5.74, 6) is 5.11. The predicted molar refractivity (Wildman–Crippen MR) is 65.5 cm³/mol. The van der Waals surface area contributed by atoms with Gasteiger partial charge in [-0.15, -0.1) is 0 Å². The van der Waals surface area contributed by atoms with Crippen LogP contribution < -0.4 is 5.32 Å². The second-order valence-electron chi connectivity index (χ2n) is 3.41. The van der Waals surface area contributed by atoms with Gasteiger partial charge >= 0.3 is 0 Å². The smallest absolute Gasteiger partial charge is 0.253 e. The van der Waals surface area contributed by atoms with Crippen LogP contribution in [0.1, 0.15) is 12.5 Å². The molecule has 2 N–H and O–H groups in total. The number of amides is 1. The number of rotatable bonds is 3. The minimum absolute atomic E-state index is 0.183. The Bertz CT molecular complexity index is 445. The summed E-state index contributed by atoms with van der Waals surface area (Å²) in [6, 6.07) is 7.10. The average molecular weight is 233 g/mol. The van der Waals surface area contributed by atoms with Gasteiger partial charge in [0.05, 0.1) is 0 Å². The van der Waals surface area contributed by atoms with E-state index in [0.29, 0.717) is 5.69 Å². The highest BCUT2D eigenvalue weighted by Crippen LogP contribution is 2.10. The van der Waals surface area contributed by atoms with Gasteiger partial charge in [0.2, 0.25) is 0 Å². The van der Waals surface area contributed by atoms with E-state index in [4.69, 9.17) is 9.84 Å². The highest BCUT2D eigenvalue weighted by atomic mass is 16.5. The molecule has 1 rings (SSSR count). The van der Waals surface area contributed by atoms with E-state index in [-0.39, 0.29) is 12.5 Å². The molecule has 0 spiro atoms. The summed E-state index contributed by atoms with van der Waals surface area (Å²) < 4.78 is 4.91. The molecule has 4 nitrogen and oxygen atoms in total. The zero-order valence-corrected chi connectivity index (χ0v) is 9.86. The van der Waals surface area contributed by atoms with Crippen LogP contribution in [-0.4, -0.2) is 30.8 Å². The van der Waals surface area contributed by atoms with Crippen molar-refractivity contribution in [2.24, 2.45) is 0 Å². The lowest BCUT2D eigenvalue weighted by molar-refractivity contribution is -0.124. The molecule has 0 saturated carbocycles. The number of carbonyl (C=O) groups excluding carboxylic acids is 1. The van der Waals surface area contributed by atoms with E-state index in [1.807, 2.05) is 0 Å². The number of carbonyl (C=O) groups is 1. The fraction of sp³-hybridized carbons (Fsp3) is 0.308. The van der Waals surface area contributed by atoms with Crippen LogP contribution in [0.5, 0.6) is 0 Å². The molecule has 0 aliphatic heterocycles. The van der Waals surface area contributed by atoms with Crippen molar-refractivity contribution in [2.45, 2.75) is 13.0 Å². The molecule has 0 bridgehead atoms. The molecule has 0 saturated heterocycles. The second kappa shape index (κ2) is 6.69. The molecule has 1 aromatic carbocycles. The minimum atomic E-state index is -0.498. The standard InChI is InChI=1S/C13H15NO3/c1-10(17-2)13(16)14-12-7-3-5-11(9-12)6-4-8-15/h3,5,7,9-10,15H,8H2,1-2H3,(H,14,16). The number of hydrogen-bond acceptors (Lipinski definition) is 3. The Morgan fingerprint density at radius 2 is 2.35 bits per heavy atom. The normalized spacial score (nSPS) is 11.2. The first kappa shape index (κ1) is 13.2. The van der Waals surface area contributed by atoms with Crippen molar-refractivity contribution in [3.05, 3.63) is 29.8 Å². The van der Waals surface area contributed by atoms with Crippen LogP contribution in [0.3, 0.4) is 0 Å². The Labute approximate surface area is 101 Å². The molecule has 0 fully saturated rings. The van der Waals surface area contributed by atoms with Gasteiger partial charge in [0.25, 0.3) is 5.91 Å². The lowest BCUT2D eigenvalue weighted by Crippen LogP contribution is -2.26. The predicted octanol–water partition coefficient (Wildman–Crippen LogP) is 1.00. The summed E-state index contributed by atoms with van der Waals surface area (Å²) >= 11 is 0. The highest BCUT2D eigenvalue weighted by Gasteiger charge is 2.11. The maximum absolute atomic E-state index is 11.6. The van der Waals surface area contributed by atoms with Crippen LogP contribution in [0.25, 0.3) is 0 Å². The van der Waals surface area contributed by atoms with Crippen molar-refractivity contribution in [3.63, 3.8) is 0 Å². The molecular formula is C13H15NO3. The van der Waals surface area contributed by atoms with E-state index in [9.17, 15) is 4.79 Å². The molecular weight excluding hydrogens is 218 g/mol. The number of methoxy groups -OCH3 is 1. The first-order valence-corrected chi connectivity index (χ1v) is 5.21. The number of hydrogen-bond donors (Lipinski definition) is 2. The fourth-order valence-corrected chi connectivity index (χ4v) is 1.17. The first-order chi connectivity index (χ1) is 8.17. The topological polar surface area (TPSA) is 58.6 Å². The number of benzene rings is 1. The molecule has 1 aromatic rings. The van der Waals surface area contributed by atoms with Crippen molar-refractivity contribution < 1.29 is 14.6 Å². The van der Waals surface area contributed by atoms with E-state index in [1.165, 1.54) is 7.11 Å². The van der Waals surface area contributed by atoms with Gasteiger partial charge < -0.3 is 15.2 Å². The maximum Gasteiger partial charge on any atom is 0.253 e. The molecule has 17 heavy (non-hydrogen) atoms. The van der Waals surface area contributed by atoms with Gasteiger partial charge in [-0.1, -0.05) is 17.9 Å². The fourth-order valence-electron chi connectivity index (χ4n) is 1.17. The van der Waals surface area contributed by atoms with Crippen molar-refractivity contribution in [1.29, 1.82) is 0 Å². The summed E-state index contributed by atoms with van der Waals surface area (Å²) in [6.45, 7) is 1.49. The molecule has 0 radical (unpaired) electrons. The summed E-state index contributed by atoms with van der Waals surface area (Å²) in [6.07, 6.45) is -0.498. The third kappa shape index (κ3) is 4.27. The number of nitrogens with one attached hydrogen (secondary N) is 1. The first-order valence-electron chi connectivity index (χ1n) is 5.21. The SMILES string of the molecule is COC(C)C(=O)Nc1cccc(C#CCO)c1. The average Bonchev–Trinajstić information content (AvgIpc) is 2.35. The van der Waals surface area contributed by atoms with Gasteiger partial charge in [-0.05, 0) is 25.1 Å². The van der Waals surface area contributed by atoms with Gasteiger partial charge in [0, 0.05) is 18.4 Å². The number of aliphatic hydroxyl groups is 1. The zero-order chi connectivity index (χ0) is 12.7. The Hall–Kier alpha value is -1.83. The molecule has 0 heterocycles. The van der Waals surface area contributed by atoms with Gasteiger partial charge in [-0.3, -0.25) is 4.79 Å². The lowest BCUT2D eigenvalue weighted by atomic mass is 10.2. The maximum atomic E-state index is 11.6. The molecule has 0 aliphatic rings. The van der Waals surface area contributed by atoms with Crippen LogP contribution >= 0.6 is 0 Å². The van der Waals surface area contributed by atoms with Crippen LogP contribution in [0, 0.1) is 11.8 Å². The van der Waals surface area contributed by atoms with Crippen LogP contribution in [0.2, 0.25) is 0 Å². The van der Waals surface area contributed by atoms with Gasteiger partial charge in [0.1, 0.15) is 12.7 Å². The molecule has 1 unspecified atom stereocenters. The number of ether oxygens (including phenoxy) is 1. The van der Waals surface area contributed by atoms with Crippen molar-refractivity contribution >= 4 is 11.6 Å². The van der Waals surface area contributed by atoms with Gasteiger partial charge in [0.15, 0.2) is 0 Å². The van der Waals surface area contributed by atoms with E-state index < -0.39 is 6.10 Å². The molecule has 90 valence electrons. The quantitative estimate of drug-likeness (QED) is 0.766. The molecule has 0 aliphatic carbocycles. The largest absolute Gasteiger partial charge is 0.384 e. The molecule has 1 atom stereocenters. The monoisotopic (exact) mass is 233 g/mol. The summed E-state index contributed by atoms with van der Waals surface area (Å²) in [5, 5.41) is 11.3. The van der Waals surface area contributed by atoms with E-state index in [2.05, 4.69) is 17.2 Å². The Morgan fingerprint density at radius 3 is 3.00 bits per heavy atom. The number of aliphatic hydroxyl groups excluding tert-OH is 1. The summed E-state index contributed by atoms with van der Waals surface area (Å²) in [5.41, 5.74) is 1.39. The molecule has 4 heteroatoms. The third-order valence-electron chi connectivity index (χ3n) is 2.16. The summed E-state index contributed by atoms with van der Waals surface area (Å²) in [7, 11) is 1.48. The van der Waals surface area contributed by atoms with E-state index in [1.54, 1.807) is 31.2 Å². The van der Waals surface area contributed by atoms with Crippen LogP contribution in [0.15, 0.2) is 24.3 Å². The second-order valence-corrected chi connectivity index (χ2v) is 3.41. The lowest BCUT2D eigenvalue weighted by Gasteiger charge is -2.10. The van der Waals surface area contributed by atoms with E-state index in [0.717, 1.165) is 5.56 Å².